The van der Waals surface area contributed by atoms with Crippen molar-refractivity contribution in [1.29, 1.82) is 0 Å². The standard InChI is InChI=1S/C15H21NO3/c16-13-5-7-14(8-6-13)18-10-9-15(17)19-11-12-3-1-2-4-12/h5-8,12H,1-4,9-11,16H2. The second-order valence-corrected chi connectivity index (χ2v) is 5.00. The minimum Gasteiger partial charge on any atom is -0.493 e. The van der Waals surface area contributed by atoms with Gasteiger partial charge >= 0.3 is 5.97 Å². The number of ether oxygens (including phenoxy) is 2. The predicted molar refractivity (Wildman–Crippen MR) is 73.9 cm³/mol. The van der Waals surface area contributed by atoms with Gasteiger partial charge in [-0.25, -0.2) is 0 Å². The molecule has 2 N–H and O–H groups in total. The first-order valence-electron chi connectivity index (χ1n) is 6.88. The maximum atomic E-state index is 11.5. The number of nitrogens with two attached hydrogens (primary N) is 1. The fourth-order valence-corrected chi connectivity index (χ4v) is 2.28. The summed E-state index contributed by atoms with van der Waals surface area (Å²) in [5, 5.41) is 0. The van der Waals surface area contributed by atoms with E-state index in [0.29, 0.717) is 24.8 Å². The number of rotatable bonds is 6. The Bertz CT molecular complexity index is 396. The van der Waals surface area contributed by atoms with E-state index < -0.39 is 0 Å². The molecule has 104 valence electrons. The zero-order chi connectivity index (χ0) is 13.5. The van der Waals surface area contributed by atoms with Gasteiger partial charge in [-0.3, -0.25) is 4.79 Å². The number of carbonyl (C=O) groups excluding carboxylic acids is 1. The van der Waals surface area contributed by atoms with E-state index in [2.05, 4.69) is 0 Å². The molecular weight excluding hydrogens is 242 g/mol. The largest absolute Gasteiger partial charge is 0.493 e. The monoisotopic (exact) mass is 263 g/mol. The number of esters is 1. The van der Waals surface area contributed by atoms with Gasteiger partial charge in [0.05, 0.1) is 19.6 Å². The quantitative estimate of drug-likeness (QED) is 0.633. The summed E-state index contributed by atoms with van der Waals surface area (Å²) in [7, 11) is 0. The molecule has 1 saturated carbocycles. The Morgan fingerprint density at radius 2 is 1.89 bits per heavy atom. The highest BCUT2D eigenvalue weighted by Crippen LogP contribution is 2.24. The summed E-state index contributed by atoms with van der Waals surface area (Å²) in [6, 6.07) is 7.12. The molecule has 1 aliphatic rings. The van der Waals surface area contributed by atoms with Crippen molar-refractivity contribution < 1.29 is 14.3 Å². The maximum Gasteiger partial charge on any atom is 0.309 e. The molecule has 1 aliphatic carbocycles. The molecule has 0 radical (unpaired) electrons. The summed E-state index contributed by atoms with van der Waals surface area (Å²) in [5.41, 5.74) is 6.27. The van der Waals surface area contributed by atoms with Crippen molar-refractivity contribution in [2.45, 2.75) is 32.1 Å². The molecule has 1 aromatic rings. The first-order chi connectivity index (χ1) is 9.24. The lowest BCUT2D eigenvalue weighted by molar-refractivity contribution is -0.145. The van der Waals surface area contributed by atoms with Gasteiger partial charge in [0, 0.05) is 5.69 Å². The third-order valence-corrected chi connectivity index (χ3v) is 3.41. The summed E-state index contributed by atoms with van der Waals surface area (Å²) < 4.78 is 10.7. The molecule has 2 rings (SSSR count). The molecule has 0 saturated heterocycles. The van der Waals surface area contributed by atoms with E-state index in [9.17, 15) is 4.79 Å². The molecule has 1 fully saturated rings. The van der Waals surface area contributed by atoms with Crippen molar-refractivity contribution in [2.75, 3.05) is 18.9 Å². The normalized spacial score (nSPS) is 15.4. The average Bonchev–Trinajstić information content (AvgIpc) is 2.92. The Morgan fingerprint density at radius 1 is 1.21 bits per heavy atom. The molecule has 19 heavy (non-hydrogen) atoms. The molecule has 1 aromatic carbocycles. The highest BCUT2D eigenvalue weighted by Gasteiger charge is 2.16. The van der Waals surface area contributed by atoms with Crippen molar-refractivity contribution in [1.82, 2.24) is 0 Å². The molecule has 0 unspecified atom stereocenters. The highest BCUT2D eigenvalue weighted by atomic mass is 16.5. The van der Waals surface area contributed by atoms with Crippen molar-refractivity contribution in [3.63, 3.8) is 0 Å². The number of carbonyl (C=O) groups is 1. The molecule has 0 spiro atoms. The minimum atomic E-state index is -0.178. The van der Waals surface area contributed by atoms with E-state index in [0.717, 1.165) is 5.75 Å². The van der Waals surface area contributed by atoms with Crippen molar-refractivity contribution in [2.24, 2.45) is 5.92 Å². The summed E-state index contributed by atoms with van der Waals surface area (Å²) in [6.07, 6.45) is 5.20. The third kappa shape index (κ3) is 4.81. The van der Waals surface area contributed by atoms with Crippen molar-refractivity contribution in [3.05, 3.63) is 24.3 Å². The zero-order valence-corrected chi connectivity index (χ0v) is 11.1. The second kappa shape index (κ2) is 7.02. The van der Waals surface area contributed by atoms with Gasteiger partial charge in [-0.05, 0) is 43.0 Å². The SMILES string of the molecule is Nc1ccc(OCCC(=O)OCC2CCCC2)cc1. The van der Waals surface area contributed by atoms with Crippen LogP contribution in [0.4, 0.5) is 5.69 Å². The fraction of sp³-hybridized carbons (Fsp3) is 0.533. The summed E-state index contributed by atoms with van der Waals surface area (Å²) in [5.74, 6) is 1.11. The Hall–Kier alpha value is -1.71. The Balaban J connectivity index is 1.59. The van der Waals surface area contributed by atoms with Crippen LogP contribution in [0.25, 0.3) is 0 Å². The maximum absolute atomic E-state index is 11.5. The lowest BCUT2D eigenvalue weighted by atomic mass is 10.1. The van der Waals surface area contributed by atoms with Gasteiger partial charge in [0.15, 0.2) is 0 Å². The van der Waals surface area contributed by atoms with Gasteiger partial charge in [0.1, 0.15) is 5.75 Å². The number of hydrogen-bond acceptors (Lipinski definition) is 4. The van der Waals surface area contributed by atoms with E-state index >= 15 is 0 Å². The lowest BCUT2D eigenvalue weighted by Crippen LogP contribution is -2.14. The van der Waals surface area contributed by atoms with Crippen LogP contribution in [0, 0.1) is 5.92 Å². The molecule has 4 nitrogen and oxygen atoms in total. The average molecular weight is 263 g/mol. The molecule has 0 heterocycles. The van der Waals surface area contributed by atoms with E-state index in [1.807, 2.05) is 0 Å². The summed E-state index contributed by atoms with van der Waals surface area (Å²) in [6.45, 7) is 0.911. The van der Waals surface area contributed by atoms with Crippen LogP contribution in [0.3, 0.4) is 0 Å². The van der Waals surface area contributed by atoms with Gasteiger partial charge in [0.25, 0.3) is 0 Å². The fourth-order valence-electron chi connectivity index (χ4n) is 2.28. The molecule has 0 bridgehead atoms. The zero-order valence-electron chi connectivity index (χ0n) is 11.1. The van der Waals surface area contributed by atoms with Crippen LogP contribution in [0.1, 0.15) is 32.1 Å². The molecule has 0 aliphatic heterocycles. The minimum absolute atomic E-state index is 0.178. The van der Waals surface area contributed by atoms with Crippen molar-refractivity contribution >= 4 is 11.7 Å². The summed E-state index contributed by atoms with van der Waals surface area (Å²) >= 11 is 0. The Kier molecular flexibility index (Phi) is 5.07. The van der Waals surface area contributed by atoms with Gasteiger partial charge in [-0.2, -0.15) is 0 Å². The molecular formula is C15H21NO3. The molecule has 0 atom stereocenters. The van der Waals surface area contributed by atoms with Crippen molar-refractivity contribution in [3.8, 4) is 5.75 Å². The summed E-state index contributed by atoms with van der Waals surface area (Å²) in [4.78, 5) is 11.5. The number of benzene rings is 1. The van der Waals surface area contributed by atoms with Gasteiger partial charge in [-0.15, -0.1) is 0 Å². The van der Waals surface area contributed by atoms with Crippen LogP contribution in [-0.2, 0) is 9.53 Å². The molecule has 0 aromatic heterocycles. The number of anilines is 1. The first kappa shape index (κ1) is 13.7. The van der Waals surface area contributed by atoms with Crippen LogP contribution in [0.5, 0.6) is 5.75 Å². The highest BCUT2D eigenvalue weighted by molar-refractivity contribution is 5.69. The van der Waals surface area contributed by atoms with Gasteiger partial charge in [0.2, 0.25) is 0 Å². The predicted octanol–water partition coefficient (Wildman–Crippen LogP) is 2.77. The Labute approximate surface area is 113 Å². The lowest BCUT2D eigenvalue weighted by Gasteiger charge is -2.10. The van der Waals surface area contributed by atoms with E-state index in [-0.39, 0.29) is 12.4 Å². The van der Waals surface area contributed by atoms with Crippen LogP contribution in [0.15, 0.2) is 24.3 Å². The van der Waals surface area contributed by atoms with Gasteiger partial charge in [-0.1, -0.05) is 12.8 Å². The smallest absolute Gasteiger partial charge is 0.309 e. The Morgan fingerprint density at radius 3 is 2.58 bits per heavy atom. The van der Waals surface area contributed by atoms with Crippen LogP contribution >= 0.6 is 0 Å². The van der Waals surface area contributed by atoms with Gasteiger partial charge < -0.3 is 15.2 Å². The molecule has 4 heteroatoms. The van der Waals surface area contributed by atoms with E-state index in [1.165, 1.54) is 25.7 Å². The van der Waals surface area contributed by atoms with E-state index in [4.69, 9.17) is 15.2 Å². The van der Waals surface area contributed by atoms with E-state index in [1.54, 1.807) is 24.3 Å². The molecule has 0 amide bonds. The topological polar surface area (TPSA) is 61.5 Å². The second-order valence-electron chi connectivity index (χ2n) is 5.00. The third-order valence-electron chi connectivity index (χ3n) is 3.41. The number of hydrogen-bond donors (Lipinski definition) is 1. The first-order valence-corrected chi connectivity index (χ1v) is 6.88. The number of nitrogen functional groups attached to an aromatic ring is 1. The van der Waals surface area contributed by atoms with Crippen LogP contribution < -0.4 is 10.5 Å². The van der Waals surface area contributed by atoms with Crippen LogP contribution in [0.2, 0.25) is 0 Å². The van der Waals surface area contributed by atoms with Crippen LogP contribution in [-0.4, -0.2) is 19.2 Å².